The number of likely N-dealkylation sites (tertiary alicyclic amines) is 1. The van der Waals surface area contributed by atoms with Crippen LogP contribution in [0.15, 0.2) is 66.9 Å². The van der Waals surface area contributed by atoms with Crippen molar-refractivity contribution in [2.45, 2.75) is 88.2 Å². The quantitative estimate of drug-likeness (QED) is 0.123. The van der Waals surface area contributed by atoms with Crippen LogP contribution in [-0.2, 0) is 12.7 Å². The second kappa shape index (κ2) is 15.1. The minimum atomic E-state index is -4.74. The second-order valence-corrected chi connectivity index (χ2v) is 15.4. The van der Waals surface area contributed by atoms with Crippen LogP contribution in [0.25, 0.3) is 5.69 Å². The van der Waals surface area contributed by atoms with Gasteiger partial charge in [-0.1, -0.05) is 24.3 Å². The van der Waals surface area contributed by atoms with E-state index in [1.54, 1.807) is 0 Å². The van der Waals surface area contributed by atoms with E-state index in [4.69, 9.17) is 5.73 Å². The van der Waals surface area contributed by atoms with Gasteiger partial charge >= 0.3 is 6.18 Å². The maximum atomic E-state index is 13.1. The number of nitrogens with one attached hydrogen (secondary N) is 3. The largest absolute Gasteiger partial charge is 0.433 e. The molecule has 4 aromatic rings. The molecule has 15 nitrogen and oxygen atoms in total. The van der Waals surface area contributed by atoms with Crippen LogP contribution in [-0.4, -0.2) is 94.4 Å². The number of benzene rings is 2. The van der Waals surface area contributed by atoms with Crippen molar-refractivity contribution in [3.63, 3.8) is 0 Å². The summed E-state index contributed by atoms with van der Waals surface area (Å²) in [5.74, 6) is -1.89. The standard InChI is InChI=1S/C39H44F3N9O6/c40-39(41,42)30-3-1-2-26(45-30)34(54)46-27-20-50(48-32(27)33(43)53)23-7-4-21(5-8-23)19-49-16-14-38(15-17-49)13-12-29(38)44-22-6-9-24-25(18-22)37(57)51(36(24)56)28-10-11-31(52)47-35(28)55/h1-9,18,20,28-29,31,35-37,44,47,52,55-57H,10-17,19H2,(H2,43,53)(H,46,54). The van der Waals surface area contributed by atoms with Gasteiger partial charge in [0.05, 0.1) is 23.6 Å². The van der Waals surface area contributed by atoms with Crippen LogP contribution in [0.2, 0.25) is 0 Å². The normalized spacial score (nSPS) is 26.2. The van der Waals surface area contributed by atoms with E-state index in [9.17, 15) is 43.2 Å². The summed E-state index contributed by atoms with van der Waals surface area (Å²) < 4.78 is 40.7. The van der Waals surface area contributed by atoms with Crippen LogP contribution < -0.4 is 21.7 Å². The predicted molar refractivity (Wildman–Crippen MR) is 199 cm³/mol. The van der Waals surface area contributed by atoms with Crippen LogP contribution in [0.3, 0.4) is 0 Å². The fourth-order valence-electron chi connectivity index (χ4n) is 8.71. The van der Waals surface area contributed by atoms with Gasteiger partial charge < -0.3 is 36.8 Å². The Balaban J connectivity index is 0.863. The molecule has 3 fully saturated rings. The fourth-order valence-corrected chi connectivity index (χ4v) is 8.71. The molecule has 1 aliphatic carbocycles. The average Bonchev–Trinajstić information content (AvgIpc) is 3.71. The Morgan fingerprint density at radius 2 is 1.67 bits per heavy atom. The van der Waals surface area contributed by atoms with Crippen molar-refractivity contribution in [3.05, 3.63) is 101 Å². The SMILES string of the molecule is NC(=O)c1nn(-c2ccc(CN3CCC4(CCC4Nc4ccc5c(c4)C(O)N(C4CCC(O)NC4O)C5O)CC3)cc2)cc1NC(=O)c1cccc(C(F)(F)F)n1. The highest BCUT2D eigenvalue weighted by atomic mass is 19.4. The number of primary amides is 1. The van der Waals surface area contributed by atoms with Gasteiger partial charge in [-0.3, -0.25) is 19.8 Å². The molecule has 4 aliphatic rings. The summed E-state index contributed by atoms with van der Waals surface area (Å²) in [5, 5.41) is 55.7. The Morgan fingerprint density at radius 1 is 0.930 bits per heavy atom. The van der Waals surface area contributed by atoms with Crippen molar-refractivity contribution in [3.8, 4) is 5.69 Å². The predicted octanol–water partition coefficient (Wildman–Crippen LogP) is 3.18. The lowest BCUT2D eigenvalue weighted by atomic mass is 9.59. The highest BCUT2D eigenvalue weighted by molar-refractivity contribution is 6.07. The van der Waals surface area contributed by atoms with E-state index in [-0.39, 0.29) is 22.8 Å². The summed E-state index contributed by atoms with van der Waals surface area (Å²) in [5.41, 5.74) is 7.29. The zero-order valence-electron chi connectivity index (χ0n) is 30.7. The van der Waals surface area contributed by atoms with E-state index < -0.39 is 60.3 Å². The number of hydrogen-bond donors (Lipinski definition) is 8. The van der Waals surface area contributed by atoms with Crippen LogP contribution in [0.5, 0.6) is 0 Å². The maximum Gasteiger partial charge on any atom is 0.433 e. The lowest BCUT2D eigenvalue weighted by molar-refractivity contribution is -0.159. The molecule has 0 bridgehead atoms. The number of fused-ring (bicyclic) bond motifs is 1. The first-order chi connectivity index (χ1) is 27.2. The molecular weight excluding hydrogens is 747 g/mol. The number of alkyl halides is 3. The van der Waals surface area contributed by atoms with E-state index >= 15 is 0 Å². The van der Waals surface area contributed by atoms with Crippen molar-refractivity contribution >= 4 is 23.2 Å². The lowest BCUT2D eigenvalue weighted by Gasteiger charge is -2.54. The molecule has 2 aromatic heterocycles. The third-order valence-corrected chi connectivity index (χ3v) is 12.0. The van der Waals surface area contributed by atoms with E-state index in [0.29, 0.717) is 29.7 Å². The molecule has 57 heavy (non-hydrogen) atoms. The Labute approximate surface area is 325 Å². The number of carbonyl (C=O) groups excluding carboxylic acids is 2. The molecule has 2 saturated heterocycles. The second-order valence-electron chi connectivity index (χ2n) is 15.4. The van der Waals surface area contributed by atoms with Crippen molar-refractivity contribution in [1.82, 2.24) is 29.9 Å². The summed E-state index contributed by atoms with van der Waals surface area (Å²) >= 11 is 0. The Morgan fingerprint density at radius 3 is 2.33 bits per heavy atom. The number of aliphatic hydroxyl groups is 4. The van der Waals surface area contributed by atoms with Gasteiger partial charge in [0.2, 0.25) is 0 Å². The highest BCUT2D eigenvalue weighted by Gasteiger charge is 2.49. The smallest absolute Gasteiger partial charge is 0.382 e. The molecule has 1 spiro atoms. The van der Waals surface area contributed by atoms with Crippen molar-refractivity contribution in [1.29, 1.82) is 0 Å². The van der Waals surface area contributed by atoms with E-state index in [1.807, 2.05) is 42.5 Å². The Kier molecular flexibility index (Phi) is 10.3. The van der Waals surface area contributed by atoms with E-state index in [2.05, 4.69) is 30.9 Å². The zero-order valence-corrected chi connectivity index (χ0v) is 30.7. The molecule has 3 aliphatic heterocycles. The van der Waals surface area contributed by atoms with Crippen molar-refractivity contribution < 1.29 is 43.2 Å². The topological polar surface area (TPSA) is 214 Å². The monoisotopic (exact) mass is 791 g/mol. The highest BCUT2D eigenvalue weighted by Crippen LogP contribution is 2.51. The molecule has 9 N–H and O–H groups in total. The fraction of sp³-hybridized carbons (Fsp3) is 0.436. The van der Waals surface area contributed by atoms with E-state index in [1.165, 1.54) is 15.8 Å². The number of halogens is 3. The number of hydrogen-bond acceptors (Lipinski definition) is 12. The van der Waals surface area contributed by atoms with Gasteiger partial charge in [-0.2, -0.15) is 18.3 Å². The minimum Gasteiger partial charge on any atom is -0.382 e. The first kappa shape index (κ1) is 38.9. The van der Waals surface area contributed by atoms with Gasteiger partial charge in [-0.05, 0) is 99.0 Å². The molecule has 5 heterocycles. The van der Waals surface area contributed by atoms with E-state index in [0.717, 1.165) is 74.8 Å². The van der Waals surface area contributed by atoms with Crippen molar-refractivity contribution in [2.75, 3.05) is 23.7 Å². The van der Waals surface area contributed by atoms with Gasteiger partial charge in [0, 0.05) is 29.4 Å². The molecule has 1 saturated carbocycles. The summed E-state index contributed by atoms with van der Waals surface area (Å²) in [4.78, 5) is 32.2. The lowest BCUT2D eigenvalue weighted by Crippen LogP contribution is -2.57. The Hall–Kier alpha value is -4.95. The molecule has 6 atom stereocenters. The number of anilines is 2. The molecule has 8 rings (SSSR count). The third-order valence-electron chi connectivity index (χ3n) is 12.0. The van der Waals surface area contributed by atoms with Crippen molar-refractivity contribution in [2.24, 2.45) is 11.1 Å². The zero-order chi connectivity index (χ0) is 40.2. The molecule has 18 heteroatoms. The number of nitrogens with zero attached hydrogens (tertiary/aromatic N) is 5. The number of piperidine rings is 2. The van der Waals surface area contributed by atoms with Gasteiger partial charge in [0.15, 0.2) is 5.69 Å². The number of aromatic nitrogens is 3. The first-order valence-corrected chi connectivity index (χ1v) is 18.9. The molecule has 2 amide bonds. The summed E-state index contributed by atoms with van der Waals surface area (Å²) in [6.07, 6.45) is -2.50. The third kappa shape index (κ3) is 7.61. The van der Waals surface area contributed by atoms with Crippen LogP contribution in [0.4, 0.5) is 24.5 Å². The van der Waals surface area contributed by atoms with Crippen LogP contribution in [0, 0.1) is 5.41 Å². The van der Waals surface area contributed by atoms with Crippen LogP contribution in [0.1, 0.15) is 94.3 Å². The number of aliphatic hydroxyl groups excluding tert-OH is 4. The Bertz CT molecular complexity index is 2140. The molecule has 0 radical (unpaired) electrons. The minimum absolute atomic E-state index is 0.0728. The summed E-state index contributed by atoms with van der Waals surface area (Å²) in [6, 6.07) is 15.8. The maximum absolute atomic E-state index is 13.1. The average molecular weight is 792 g/mol. The van der Waals surface area contributed by atoms with Gasteiger partial charge in [-0.25, -0.2) is 14.6 Å². The first-order valence-electron chi connectivity index (χ1n) is 18.9. The van der Waals surface area contributed by atoms with Gasteiger partial charge in [-0.15, -0.1) is 0 Å². The molecular formula is C39H44F3N9O6. The molecule has 302 valence electrons. The number of carbonyl (C=O) groups is 2. The summed E-state index contributed by atoms with van der Waals surface area (Å²) in [7, 11) is 0. The number of rotatable bonds is 9. The molecule has 2 aromatic carbocycles. The summed E-state index contributed by atoms with van der Waals surface area (Å²) in [6.45, 7) is 2.53. The van der Waals surface area contributed by atoms with Gasteiger partial charge in [0.1, 0.15) is 36.3 Å². The van der Waals surface area contributed by atoms with Gasteiger partial charge in [0.25, 0.3) is 11.8 Å². The number of amides is 2. The van der Waals surface area contributed by atoms with Crippen LogP contribution >= 0.6 is 0 Å². The number of pyridine rings is 1. The number of nitrogens with two attached hydrogens (primary N) is 1. The molecule has 6 unspecified atom stereocenters.